The van der Waals surface area contributed by atoms with Crippen molar-refractivity contribution in [3.05, 3.63) is 81.6 Å². The SMILES string of the molecule is CN(C)[C@@H]1C(=O)C(C(N)=O)=C(O)[C@@]2(O)C(=O)C3=C(O)c4c(O)cccc4/C(=C\c4ccc(C(C)(C)C)cc4)[C@H]3[C@H](O)[C@@H]12. The molecule has 1 fully saturated rings. The summed E-state index contributed by atoms with van der Waals surface area (Å²) in [7, 11) is 2.93. The highest BCUT2D eigenvalue weighted by Crippen LogP contribution is 2.56. The van der Waals surface area contributed by atoms with Crippen molar-refractivity contribution in [2.75, 3.05) is 14.1 Å². The van der Waals surface area contributed by atoms with Crippen molar-refractivity contribution in [2.24, 2.45) is 17.6 Å². The molecule has 5 atom stereocenters. The third-order valence-corrected chi connectivity index (χ3v) is 8.63. The average Bonchev–Trinajstić information content (AvgIpc) is 2.89. The molecule has 0 heterocycles. The Morgan fingerprint density at radius 1 is 1.02 bits per heavy atom. The molecule has 0 spiro atoms. The zero-order chi connectivity index (χ0) is 31.0. The third kappa shape index (κ3) is 4.01. The number of aliphatic hydroxyl groups excluding tert-OH is 3. The molecule has 10 nitrogen and oxygen atoms in total. The molecule has 3 aliphatic carbocycles. The van der Waals surface area contributed by atoms with Crippen molar-refractivity contribution in [2.45, 2.75) is 43.9 Å². The van der Waals surface area contributed by atoms with E-state index in [4.69, 9.17) is 5.73 Å². The fourth-order valence-corrected chi connectivity index (χ4v) is 6.57. The van der Waals surface area contributed by atoms with Gasteiger partial charge in [0.05, 0.1) is 29.2 Å². The summed E-state index contributed by atoms with van der Waals surface area (Å²) in [6.07, 6.45) is -0.0175. The lowest BCUT2D eigenvalue weighted by atomic mass is 9.55. The van der Waals surface area contributed by atoms with Crippen molar-refractivity contribution in [1.29, 1.82) is 0 Å². The molecule has 42 heavy (non-hydrogen) atoms. The van der Waals surface area contributed by atoms with Crippen LogP contribution in [0.25, 0.3) is 17.4 Å². The van der Waals surface area contributed by atoms with Gasteiger partial charge < -0.3 is 31.3 Å². The number of primary amides is 1. The normalized spacial score (nSPS) is 28.6. The van der Waals surface area contributed by atoms with Crippen LogP contribution in [0.15, 0.2) is 59.4 Å². The average molecular weight is 575 g/mol. The zero-order valence-electron chi connectivity index (χ0n) is 23.9. The van der Waals surface area contributed by atoms with Crippen LogP contribution in [0, 0.1) is 11.8 Å². The van der Waals surface area contributed by atoms with E-state index in [1.165, 1.54) is 25.1 Å². The number of rotatable bonds is 3. The predicted molar refractivity (Wildman–Crippen MR) is 155 cm³/mol. The maximum absolute atomic E-state index is 14.2. The van der Waals surface area contributed by atoms with Crippen LogP contribution >= 0.6 is 0 Å². The summed E-state index contributed by atoms with van der Waals surface area (Å²) < 4.78 is 0. The van der Waals surface area contributed by atoms with Crippen LogP contribution < -0.4 is 5.73 Å². The van der Waals surface area contributed by atoms with Crippen LogP contribution in [0.4, 0.5) is 0 Å². The minimum Gasteiger partial charge on any atom is -0.508 e. The number of carbonyl (C=O) groups is 3. The number of phenols is 1. The van der Waals surface area contributed by atoms with E-state index < -0.39 is 69.7 Å². The van der Waals surface area contributed by atoms with Gasteiger partial charge in [-0.15, -0.1) is 0 Å². The van der Waals surface area contributed by atoms with Crippen molar-refractivity contribution < 1.29 is 39.9 Å². The zero-order valence-corrected chi connectivity index (χ0v) is 23.9. The lowest BCUT2D eigenvalue weighted by Crippen LogP contribution is -2.70. The van der Waals surface area contributed by atoms with Crippen LogP contribution in [0.2, 0.25) is 0 Å². The summed E-state index contributed by atoms with van der Waals surface area (Å²) in [5, 5.41) is 57.1. The predicted octanol–water partition coefficient (Wildman–Crippen LogP) is 2.23. The van der Waals surface area contributed by atoms with E-state index in [1.807, 2.05) is 24.3 Å². The van der Waals surface area contributed by atoms with Crippen LogP contribution in [-0.2, 0) is 19.8 Å². The number of nitrogens with two attached hydrogens (primary N) is 1. The van der Waals surface area contributed by atoms with Crippen LogP contribution in [0.1, 0.15) is 43.0 Å². The maximum atomic E-state index is 14.2. The van der Waals surface area contributed by atoms with Crippen LogP contribution in [0.3, 0.4) is 0 Å². The van der Waals surface area contributed by atoms with Gasteiger partial charge in [0, 0.05) is 5.92 Å². The lowest BCUT2D eigenvalue weighted by Gasteiger charge is -2.53. The van der Waals surface area contributed by atoms with Crippen molar-refractivity contribution in [1.82, 2.24) is 4.90 Å². The van der Waals surface area contributed by atoms with E-state index in [1.54, 1.807) is 18.2 Å². The summed E-state index contributed by atoms with van der Waals surface area (Å²) >= 11 is 0. The molecular formula is C32H34N2O8. The highest BCUT2D eigenvalue weighted by Gasteiger charge is 2.68. The molecule has 5 rings (SSSR count). The summed E-state index contributed by atoms with van der Waals surface area (Å²) in [4.78, 5) is 41.2. The first kappa shape index (κ1) is 29.2. The van der Waals surface area contributed by atoms with E-state index in [-0.39, 0.29) is 16.7 Å². The third-order valence-electron chi connectivity index (χ3n) is 8.63. The second-order valence-electron chi connectivity index (χ2n) is 12.4. The summed E-state index contributed by atoms with van der Waals surface area (Å²) in [5.74, 6) is -8.80. The van der Waals surface area contributed by atoms with E-state index >= 15 is 0 Å². The molecule has 2 aromatic rings. The first-order valence-electron chi connectivity index (χ1n) is 13.5. The number of nitrogens with zero attached hydrogens (tertiary/aromatic N) is 1. The standard InChI is InChI=1S/C32H34N2O8/c1-31(2,3)15-11-9-14(10-12-15)13-17-16-7-6-8-18(35)19(16)25(36)21-20(17)26(37)23-24(34(4)5)27(38)22(30(33)41)29(40)32(23,42)28(21)39/h6-13,20,23-24,26,35-37,40,42H,1-5H3,(H2,33,41)/b17-13+/t20-,23-,24+,26+,32+/m1/s1. The Morgan fingerprint density at radius 3 is 2.19 bits per heavy atom. The van der Waals surface area contributed by atoms with E-state index in [0.29, 0.717) is 16.7 Å². The lowest BCUT2D eigenvalue weighted by molar-refractivity contribution is -0.166. The summed E-state index contributed by atoms with van der Waals surface area (Å²) in [6, 6.07) is 10.7. The molecule has 0 radical (unpaired) electrons. The van der Waals surface area contributed by atoms with Crippen LogP contribution in [0.5, 0.6) is 5.75 Å². The monoisotopic (exact) mass is 574 g/mol. The molecule has 0 aliphatic heterocycles. The molecule has 2 aromatic carbocycles. The van der Waals surface area contributed by atoms with Gasteiger partial charge in [0.25, 0.3) is 5.91 Å². The summed E-state index contributed by atoms with van der Waals surface area (Å²) in [6.45, 7) is 6.23. The Hall–Kier alpha value is -4.25. The Bertz CT molecular complexity index is 1630. The number of benzene rings is 2. The molecule has 1 amide bonds. The number of phenolic OH excluding ortho intramolecular Hbond substituents is 1. The van der Waals surface area contributed by atoms with E-state index in [2.05, 4.69) is 20.8 Å². The number of aromatic hydroxyl groups is 1. The Labute approximate surface area is 242 Å². The highest BCUT2D eigenvalue weighted by atomic mass is 16.4. The van der Waals surface area contributed by atoms with E-state index in [0.717, 1.165) is 5.56 Å². The first-order valence-corrected chi connectivity index (χ1v) is 13.5. The number of ketones is 2. The number of Topliss-reactive ketones (excluding diaryl/α,β-unsaturated/α-hetero) is 2. The van der Waals surface area contributed by atoms with Gasteiger partial charge in [-0.1, -0.05) is 63.2 Å². The van der Waals surface area contributed by atoms with Crippen molar-refractivity contribution in [3.63, 3.8) is 0 Å². The number of fused-ring (bicyclic) bond motifs is 3. The molecule has 10 heteroatoms. The fourth-order valence-electron chi connectivity index (χ4n) is 6.57. The van der Waals surface area contributed by atoms with Gasteiger partial charge in [-0.2, -0.15) is 0 Å². The van der Waals surface area contributed by atoms with Crippen LogP contribution in [-0.4, -0.2) is 79.7 Å². The molecule has 0 saturated heterocycles. The first-order chi connectivity index (χ1) is 19.5. The Morgan fingerprint density at radius 2 is 1.64 bits per heavy atom. The highest BCUT2D eigenvalue weighted by molar-refractivity contribution is 6.25. The van der Waals surface area contributed by atoms with Gasteiger partial charge >= 0.3 is 0 Å². The number of likely N-dealkylation sites (N-methyl/N-ethyl adjacent to an activating group) is 1. The molecule has 3 aliphatic rings. The van der Waals surface area contributed by atoms with Gasteiger partial charge in [0.15, 0.2) is 11.4 Å². The molecule has 7 N–H and O–H groups in total. The summed E-state index contributed by atoms with van der Waals surface area (Å²) in [5.41, 5.74) is 3.19. The number of hydrogen-bond donors (Lipinski definition) is 6. The Balaban J connectivity index is 1.81. The van der Waals surface area contributed by atoms with Crippen molar-refractivity contribution >= 4 is 34.9 Å². The fraction of sp³-hybridized carbons (Fsp3) is 0.344. The largest absolute Gasteiger partial charge is 0.508 e. The minimum absolute atomic E-state index is 0.0986. The number of carbonyl (C=O) groups excluding carboxylic acids is 3. The number of aliphatic hydroxyl groups is 4. The molecule has 220 valence electrons. The van der Waals surface area contributed by atoms with Crippen molar-refractivity contribution in [3.8, 4) is 5.75 Å². The smallest absolute Gasteiger partial charge is 0.255 e. The van der Waals surface area contributed by atoms with Gasteiger partial charge in [-0.05, 0) is 47.8 Å². The number of amides is 1. The van der Waals surface area contributed by atoms with Gasteiger partial charge in [0.2, 0.25) is 5.78 Å². The molecule has 0 unspecified atom stereocenters. The topological polar surface area (TPSA) is 182 Å². The van der Waals surface area contributed by atoms with Gasteiger partial charge in [-0.25, -0.2) is 0 Å². The molecule has 1 saturated carbocycles. The Kier molecular flexibility index (Phi) is 6.72. The number of hydrogen-bond acceptors (Lipinski definition) is 9. The quantitative estimate of drug-likeness (QED) is 0.300. The molecular weight excluding hydrogens is 540 g/mol. The second-order valence-corrected chi connectivity index (χ2v) is 12.4. The molecule has 0 aromatic heterocycles. The minimum atomic E-state index is -2.98. The maximum Gasteiger partial charge on any atom is 0.255 e. The van der Waals surface area contributed by atoms with Gasteiger partial charge in [-0.3, -0.25) is 19.3 Å². The second kappa shape index (κ2) is 9.65. The molecule has 0 bridgehead atoms. The van der Waals surface area contributed by atoms with Gasteiger partial charge in [0.1, 0.15) is 22.8 Å². The van der Waals surface area contributed by atoms with E-state index in [9.17, 15) is 39.9 Å².